The molecular formula is C28H29NO4S. The second-order valence-electron chi connectivity index (χ2n) is 8.54. The number of hydrogen-bond acceptors (Lipinski definition) is 5. The van der Waals surface area contributed by atoms with Crippen LogP contribution in [0.5, 0.6) is 0 Å². The maximum Gasteiger partial charge on any atom is 0.329 e. The van der Waals surface area contributed by atoms with Crippen molar-refractivity contribution in [3.05, 3.63) is 115 Å². The van der Waals surface area contributed by atoms with Gasteiger partial charge in [0, 0.05) is 19.0 Å². The minimum Gasteiger partial charge on any atom is -0.468 e. The minimum absolute atomic E-state index is 0.111. The Balaban J connectivity index is 2.02. The van der Waals surface area contributed by atoms with Gasteiger partial charge in [0.1, 0.15) is 0 Å². The molecule has 1 fully saturated rings. The number of rotatable bonds is 8. The minimum atomic E-state index is -4.18. The highest BCUT2D eigenvalue weighted by atomic mass is 32.2. The van der Waals surface area contributed by atoms with Gasteiger partial charge in [0.05, 0.1) is 18.0 Å². The van der Waals surface area contributed by atoms with E-state index in [1.54, 1.807) is 36.4 Å². The molecule has 0 unspecified atom stereocenters. The van der Waals surface area contributed by atoms with Crippen LogP contribution >= 0.6 is 0 Å². The molecular weight excluding hydrogens is 446 g/mol. The molecule has 1 aliphatic heterocycles. The highest BCUT2D eigenvalue weighted by Crippen LogP contribution is 2.52. The molecule has 0 N–H and O–H groups in total. The Morgan fingerprint density at radius 1 is 1.00 bits per heavy atom. The first-order chi connectivity index (χ1) is 16.5. The smallest absolute Gasteiger partial charge is 0.329 e. The summed E-state index contributed by atoms with van der Waals surface area (Å²) < 4.78 is 32.6. The molecule has 0 amide bonds. The fourth-order valence-corrected chi connectivity index (χ4v) is 7.67. The van der Waals surface area contributed by atoms with Gasteiger partial charge in [-0.15, -0.1) is 6.58 Å². The average Bonchev–Trinajstić information content (AvgIpc) is 3.20. The Morgan fingerprint density at radius 2 is 1.56 bits per heavy atom. The topological polar surface area (TPSA) is 63.7 Å². The van der Waals surface area contributed by atoms with E-state index < -0.39 is 32.5 Å². The number of benzene rings is 3. The summed E-state index contributed by atoms with van der Waals surface area (Å²) in [6.07, 6.45) is 2.16. The van der Waals surface area contributed by atoms with E-state index in [1.807, 2.05) is 65.6 Å². The molecule has 1 aliphatic rings. The Labute approximate surface area is 201 Å². The number of likely N-dealkylation sites (tertiary alicyclic amines) is 1. The van der Waals surface area contributed by atoms with Gasteiger partial charge in [0.15, 0.2) is 14.6 Å². The summed E-state index contributed by atoms with van der Waals surface area (Å²) in [4.78, 5) is 16.0. The summed E-state index contributed by atoms with van der Waals surface area (Å²) >= 11 is 0. The first-order valence-corrected chi connectivity index (χ1v) is 12.8. The summed E-state index contributed by atoms with van der Waals surface area (Å²) in [6, 6.07) is 26.5. The molecule has 3 aromatic rings. The maximum absolute atomic E-state index is 14.5. The molecule has 0 aromatic heterocycles. The zero-order valence-electron chi connectivity index (χ0n) is 19.2. The van der Waals surface area contributed by atoms with Crippen LogP contribution in [-0.2, 0) is 25.8 Å². The highest BCUT2D eigenvalue weighted by Gasteiger charge is 2.68. The first kappa shape index (κ1) is 23.9. The molecule has 4 rings (SSSR count). The van der Waals surface area contributed by atoms with Gasteiger partial charge in [0.25, 0.3) is 0 Å². The molecule has 1 heterocycles. The Morgan fingerprint density at radius 3 is 2.12 bits per heavy atom. The lowest BCUT2D eigenvalue weighted by Crippen LogP contribution is -2.55. The van der Waals surface area contributed by atoms with Crippen LogP contribution in [0.2, 0.25) is 0 Å². The maximum atomic E-state index is 14.5. The van der Waals surface area contributed by atoms with Crippen LogP contribution in [0.4, 0.5) is 0 Å². The summed E-state index contributed by atoms with van der Waals surface area (Å²) in [7, 11) is -2.91. The second kappa shape index (κ2) is 9.95. The molecule has 3 atom stereocenters. The normalized spacial score (nSPS) is 22.9. The van der Waals surface area contributed by atoms with Gasteiger partial charge in [-0.1, -0.05) is 84.9 Å². The third-order valence-electron chi connectivity index (χ3n) is 6.64. The van der Waals surface area contributed by atoms with Crippen molar-refractivity contribution >= 4 is 15.8 Å². The summed E-state index contributed by atoms with van der Waals surface area (Å²) in [6.45, 7) is 4.73. The van der Waals surface area contributed by atoms with Crippen LogP contribution in [0.15, 0.2) is 109 Å². The Hall–Kier alpha value is -3.22. The van der Waals surface area contributed by atoms with Crippen LogP contribution in [0, 0.1) is 5.92 Å². The van der Waals surface area contributed by atoms with Crippen molar-refractivity contribution in [2.75, 3.05) is 20.2 Å². The van der Waals surface area contributed by atoms with Crippen LogP contribution in [0.3, 0.4) is 0 Å². The van der Waals surface area contributed by atoms with Crippen LogP contribution in [0.1, 0.15) is 17.2 Å². The Kier molecular flexibility index (Phi) is 7.00. The molecule has 0 bridgehead atoms. The van der Waals surface area contributed by atoms with Crippen molar-refractivity contribution in [1.29, 1.82) is 0 Å². The predicted octanol–water partition coefficient (Wildman–Crippen LogP) is 4.47. The Bertz CT molecular complexity index is 1230. The monoisotopic (exact) mass is 475 g/mol. The van der Waals surface area contributed by atoms with Crippen LogP contribution < -0.4 is 0 Å². The lowest BCUT2D eigenvalue weighted by molar-refractivity contribution is -0.145. The van der Waals surface area contributed by atoms with Gasteiger partial charge in [0.2, 0.25) is 0 Å². The van der Waals surface area contributed by atoms with Crippen LogP contribution in [0.25, 0.3) is 0 Å². The molecule has 0 spiro atoms. The zero-order chi connectivity index (χ0) is 24.2. The van der Waals surface area contributed by atoms with Crippen molar-refractivity contribution in [3.8, 4) is 0 Å². The molecule has 176 valence electrons. The number of esters is 1. The summed E-state index contributed by atoms with van der Waals surface area (Å²) in [5, 5.41) is 0. The number of nitrogens with zero attached hydrogens (tertiary/aromatic N) is 1. The number of carbonyl (C=O) groups is 1. The third kappa shape index (κ3) is 3.97. The van der Waals surface area contributed by atoms with E-state index in [2.05, 4.69) is 6.58 Å². The number of methoxy groups -OCH3 is 1. The van der Waals surface area contributed by atoms with E-state index in [-0.39, 0.29) is 4.90 Å². The van der Waals surface area contributed by atoms with Gasteiger partial charge >= 0.3 is 5.97 Å². The van der Waals surface area contributed by atoms with Gasteiger partial charge in [-0.25, -0.2) is 8.42 Å². The fraction of sp³-hybridized carbons (Fsp3) is 0.250. The lowest BCUT2D eigenvalue weighted by atomic mass is 9.82. The predicted molar refractivity (Wildman–Crippen MR) is 133 cm³/mol. The molecule has 5 nitrogen and oxygen atoms in total. The summed E-state index contributed by atoms with van der Waals surface area (Å²) in [5.41, 5.74) is 1.72. The SMILES string of the molecule is C=CCN1C[C@@H](Cc2ccccc2)[C@@](C(=O)OC)(S(=O)(=O)c2ccccc2)[C@@H]1c1ccccc1. The van der Waals surface area contributed by atoms with Crippen LogP contribution in [-0.4, -0.2) is 44.2 Å². The first-order valence-electron chi connectivity index (χ1n) is 11.3. The zero-order valence-corrected chi connectivity index (χ0v) is 20.0. The quantitative estimate of drug-likeness (QED) is 0.355. The largest absolute Gasteiger partial charge is 0.468 e. The summed E-state index contributed by atoms with van der Waals surface area (Å²) in [5.74, 6) is -1.28. The van der Waals surface area contributed by atoms with Crippen molar-refractivity contribution in [3.63, 3.8) is 0 Å². The van der Waals surface area contributed by atoms with E-state index in [1.165, 1.54) is 7.11 Å². The third-order valence-corrected chi connectivity index (χ3v) is 9.14. The fourth-order valence-electron chi connectivity index (χ4n) is 5.28. The van der Waals surface area contributed by atoms with Gasteiger partial charge in [-0.05, 0) is 29.7 Å². The van der Waals surface area contributed by atoms with Gasteiger partial charge < -0.3 is 4.74 Å². The highest BCUT2D eigenvalue weighted by molar-refractivity contribution is 7.93. The van der Waals surface area contributed by atoms with Gasteiger partial charge in [-0.2, -0.15) is 0 Å². The molecule has 6 heteroatoms. The van der Waals surface area contributed by atoms with E-state index in [0.717, 1.165) is 11.1 Å². The van der Waals surface area contributed by atoms with Crippen molar-refractivity contribution < 1.29 is 17.9 Å². The molecule has 1 saturated heterocycles. The average molecular weight is 476 g/mol. The molecule has 0 radical (unpaired) electrons. The molecule has 34 heavy (non-hydrogen) atoms. The van der Waals surface area contributed by atoms with E-state index >= 15 is 0 Å². The van der Waals surface area contributed by atoms with Crippen molar-refractivity contribution in [2.45, 2.75) is 22.1 Å². The number of carbonyl (C=O) groups excluding carboxylic acids is 1. The van der Waals surface area contributed by atoms with Gasteiger partial charge in [-0.3, -0.25) is 9.69 Å². The van der Waals surface area contributed by atoms with Crippen molar-refractivity contribution in [1.82, 2.24) is 4.90 Å². The number of ether oxygens (including phenoxy) is 1. The second-order valence-corrected chi connectivity index (χ2v) is 10.7. The van der Waals surface area contributed by atoms with E-state index in [4.69, 9.17) is 4.74 Å². The molecule has 0 saturated carbocycles. The number of hydrogen-bond donors (Lipinski definition) is 0. The van der Waals surface area contributed by atoms with Crippen molar-refractivity contribution in [2.24, 2.45) is 5.92 Å². The van der Waals surface area contributed by atoms with E-state index in [0.29, 0.717) is 19.5 Å². The lowest BCUT2D eigenvalue weighted by Gasteiger charge is -2.38. The van der Waals surface area contributed by atoms with E-state index in [9.17, 15) is 13.2 Å². The molecule has 0 aliphatic carbocycles. The molecule has 3 aromatic carbocycles. The standard InChI is InChI=1S/C28H29NO4S/c1-3-19-29-21-24(20-22-13-7-4-8-14-22)28(27(30)33-2,26(29)23-15-9-5-10-16-23)34(31,32)25-17-11-6-12-18-25/h3-18,24,26H,1,19-21H2,2H3/t24-,26+,28-/m1/s1. The number of sulfone groups is 1.